The topological polar surface area (TPSA) is 58.2 Å². The largest absolute Gasteiger partial charge is 0.385 e. The highest BCUT2D eigenvalue weighted by Gasteiger charge is 2.14. The summed E-state index contributed by atoms with van der Waals surface area (Å²) in [6, 6.07) is 5.22. The first-order chi connectivity index (χ1) is 10.0. The Hall–Kier alpha value is -1.07. The van der Waals surface area contributed by atoms with Crippen molar-refractivity contribution in [3.05, 3.63) is 23.8 Å². The number of aryl methyl sites for hydroxylation is 1. The van der Waals surface area contributed by atoms with Crippen LogP contribution in [-0.2, 0) is 10.0 Å². The molecule has 118 valence electrons. The molecule has 0 bridgehead atoms. The van der Waals surface area contributed by atoms with E-state index in [0.29, 0.717) is 4.90 Å². The van der Waals surface area contributed by atoms with Gasteiger partial charge in [-0.05, 0) is 44.0 Å². The molecule has 0 saturated heterocycles. The molecule has 1 aliphatic carbocycles. The third-order valence-corrected chi connectivity index (χ3v) is 5.79. The average Bonchev–Trinajstić information content (AvgIpc) is 2.50. The van der Waals surface area contributed by atoms with Crippen molar-refractivity contribution in [3.63, 3.8) is 0 Å². The normalized spacial score (nSPS) is 16.9. The van der Waals surface area contributed by atoms with Crippen molar-refractivity contribution in [2.75, 3.05) is 18.9 Å². The van der Waals surface area contributed by atoms with E-state index >= 15 is 0 Å². The molecule has 0 unspecified atom stereocenters. The first-order valence-electron chi connectivity index (χ1n) is 7.81. The van der Waals surface area contributed by atoms with E-state index in [0.717, 1.165) is 23.7 Å². The molecule has 1 aliphatic rings. The second kappa shape index (κ2) is 7.27. The fraction of sp³-hybridized carbons (Fsp3) is 0.625. The predicted octanol–water partition coefficient (Wildman–Crippen LogP) is 3.29. The Kier molecular flexibility index (Phi) is 5.65. The van der Waals surface area contributed by atoms with Gasteiger partial charge in [0.25, 0.3) is 0 Å². The van der Waals surface area contributed by atoms with Crippen molar-refractivity contribution in [2.24, 2.45) is 5.92 Å². The van der Waals surface area contributed by atoms with Gasteiger partial charge >= 0.3 is 0 Å². The maximum atomic E-state index is 11.8. The van der Waals surface area contributed by atoms with Crippen molar-refractivity contribution in [2.45, 2.75) is 50.3 Å². The van der Waals surface area contributed by atoms with E-state index in [2.05, 4.69) is 10.0 Å². The minimum Gasteiger partial charge on any atom is -0.385 e. The summed E-state index contributed by atoms with van der Waals surface area (Å²) in [4.78, 5) is 0.316. The van der Waals surface area contributed by atoms with Gasteiger partial charge in [-0.15, -0.1) is 0 Å². The lowest BCUT2D eigenvalue weighted by Crippen LogP contribution is -2.19. The van der Waals surface area contributed by atoms with E-state index in [4.69, 9.17) is 0 Å². The van der Waals surface area contributed by atoms with Gasteiger partial charge < -0.3 is 5.32 Å². The van der Waals surface area contributed by atoms with Gasteiger partial charge in [-0.3, -0.25) is 0 Å². The van der Waals surface area contributed by atoms with E-state index < -0.39 is 10.0 Å². The van der Waals surface area contributed by atoms with E-state index in [-0.39, 0.29) is 0 Å². The van der Waals surface area contributed by atoms with Crippen LogP contribution in [0.5, 0.6) is 0 Å². The summed E-state index contributed by atoms with van der Waals surface area (Å²) in [5.41, 5.74) is 2.00. The molecule has 0 spiro atoms. The molecule has 0 radical (unpaired) electrons. The minimum absolute atomic E-state index is 0.316. The van der Waals surface area contributed by atoms with Crippen molar-refractivity contribution in [1.29, 1.82) is 0 Å². The number of sulfonamides is 1. The van der Waals surface area contributed by atoms with Gasteiger partial charge in [0.15, 0.2) is 0 Å². The minimum atomic E-state index is -3.37. The average molecular weight is 310 g/mol. The van der Waals surface area contributed by atoms with E-state index in [9.17, 15) is 8.42 Å². The molecule has 4 nitrogen and oxygen atoms in total. The predicted molar refractivity (Wildman–Crippen MR) is 87.1 cm³/mol. The lowest BCUT2D eigenvalue weighted by Gasteiger charge is -2.22. The number of nitrogens with one attached hydrogen (secondary N) is 2. The molecule has 5 heteroatoms. The van der Waals surface area contributed by atoms with Crippen LogP contribution in [0.2, 0.25) is 0 Å². The van der Waals surface area contributed by atoms with Crippen LogP contribution in [0.15, 0.2) is 23.1 Å². The number of hydrogen-bond acceptors (Lipinski definition) is 3. The smallest absolute Gasteiger partial charge is 0.240 e. The van der Waals surface area contributed by atoms with Crippen molar-refractivity contribution in [1.82, 2.24) is 4.72 Å². The maximum Gasteiger partial charge on any atom is 0.240 e. The van der Waals surface area contributed by atoms with Crippen molar-refractivity contribution in [3.8, 4) is 0 Å². The maximum absolute atomic E-state index is 11.8. The fourth-order valence-electron chi connectivity index (χ4n) is 2.96. The molecule has 0 atom stereocenters. The second-order valence-electron chi connectivity index (χ2n) is 5.90. The molecule has 1 aromatic carbocycles. The molecular formula is C16H26N2O2S. The van der Waals surface area contributed by atoms with Crippen LogP contribution < -0.4 is 10.0 Å². The van der Waals surface area contributed by atoms with Crippen LogP contribution in [0.3, 0.4) is 0 Å². The summed E-state index contributed by atoms with van der Waals surface area (Å²) in [5.74, 6) is 0.829. The van der Waals surface area contributed by atoms with Crippen molar-refractivity contribution < 1.29 is 8.42 Å². The third kappa shape index (κ3) is 4.45. The summed E-state index contributed by atoms with van der Waals surface area (Å²) in [6.45, 7) is 2.91. The SMILES string of the molecule is CNS(=O)(=O)c1ccc(C)c(NCCC2CCCCC2)c1. The lowest BCUT2D eigenvalue weighted by atomic mass is 9.87. The van der Waals surface area contributed by atoms with Gasteiger partial charge in [-0.2, -0.15) is 0 Å². The molecule has 0 aromatic heterocycles. The zero-order valence-electron chi connectivity index (χ0n) is 13.0. The molecule has 2 rings (SSSR count). The van der Waals surface area contributed by atoms with Gasteiger partial charge in [-0.25, -0.2) is 13.1 Å². The Balaban J connectivity index is 1.97. The standard InChI is InChI=1S/C16H26N2O2S/c1-13-8-9-15(21(19,20)17-2)12-16(13)18-11-10-14-6-4-3-5-7-14/h8-9,12,14,17-18H,3-7,10-11H2,1-2H3. The van der Waals surface area contributed by atoms with Gasteiger partial charge in [-0.1, -0.05) is 38.2 Å². The molecule has 0 amide bonds. The zero-order chi connectivity index (χ0) is 15.3. The Morgan fingerprint density at radius 3 is 2.57 bits per heavy atom. The number of rotatable bonds is 6. The second-order valence-corrected chi connectivity index (χ2v) is 7.79. The van der Waals surface area contributed by atoms with Crippen LogP contribution in [0.4, 0.5) is 5.69 Å². The lowest BCUT2D eigenvalue weighted by molar-refractivity contribution is 0.345. The van der Waals surface area contributed by atoms with Crippen LogP contribution in [0.25, 0.3) is 0 Å². The summed E-state index contributed by atoms with van der Waals surface area (Å²) in [6.07, 6.45) is 7.96. The van der Waals surface area contributed by atoms with E-state index in [1.165, 1.54) is 45.6 Å². The van der Waals surface area contributed by atoms with Gasteiger partial charge in [0.05, 0.1) is 4.90 Å². The quantitative estimate of drug-likeness (QED) is 0.847. The Morgan fingerprint density at radius 2 is 1.90 bits per heavy atom. The summed E-state index contributed by atoms with van der Waals surface area (Å²) in [5, 5.41) is 3.40. The first kappa shape index (κ1) is 16.3. The summed E-state index contributed by atoms with van der Waals surface area (Å²) < 4.78 is 26.0. The van der Waals surface area contributed by atoms with Gasteiger partial charge in [0.2, 0.25) is 10.0 Å². The zero-order valence-corrected chi connectivity index (χ0v) is 13.8. The molecule has 2 N–H and O–H groups in total. The molecule has 0 heterocycles. The van der Waals surface area contributed by atoms with Crippen LogP contribution in [0, 0.1) is 12.8 Å². The van der Waals surface area contributed by atoms with Crippen LogP contribution >= 0.6 is 0 Å². The third-order valence-electron chi connectivity index (χ3n) is 4.38. The van der Waals surface area contributed by atoms with Crippen molar-refractivity contribution >= 4 is 15.7 Å². The summed E-state index contributed by atoms with van der Waals surface area (Å²) in [7, 11) is -1.94. The molecule has 1 saturated carbocycles. The highest BCUT2D eigenvalue weighted by Crippen LogP contribution is 2.26. The van der Waals surface area contributed by atoms with Gasteiger partial charge in [0.1, 0.15) is 0 Å². The molecule has 21 heavy (non-hydrogen) atoms. The molecule has 0 aliphatic heterocycles. The molecule has 1 aromatic rings. The van der Waals surface area contributed by atoms with Crippen LogP contribution in [0.1, 0.15) is 44.1 Å². The Morgan fingerprint density at radius 1 is 1.19 bits per heavy atom. The van der Waals surface area contributed by atoms with Crippen LogP contribution in [-0.4, -0.2) is 22.0 Å². The Bertz CT molecular complexity index is 564. The number of benzene rings is 1. The molecular weight excluding hydrogens is 284 g/mol. The summed E-state index contributed by atoms with van der Waals surface area (Å²) >= 11 is 0. The monoisotopic (exact) mass is 310 g/mol. The Labute approximate surface area is 128 Å². The highest BCUT2D eigenvalue weighted by atomic mass is 32.2. The fourth-order valence-corrected chi connectivity index (χ4v) is 3.72. The van der Waals surface area contributed by atoms with E-state index in [1.54, 1.807) is 12.1 Å². The number of anilines is 1. The highest BCUT2D eigenvalue weighted by molar-refractivity contribution is 7.89. The van der Waals surface area contributed by atoms with Gasteiger partial charge in [0, 0.05) is 12.2 Å². The first-order valence-corrected chi connectivity index (χ1v) is 9.29. The number of hydrogen-bond donors (Lipinski definition) is 2. The molecule has 1 fully saturated rings. The van der Waals surface area contributed by atoms with E-state index in [1.807, 2.05) is 13.0 Å².